The summed E-state index contributed by atoms with van der Waals surface area (Å²) < 4.78 is 37.8. The number of carbonyl (C=O) groups excluding carboxylic acids is 1. The zero-order chi connectivity index (χ0) is 19.6. The minimum atomic E-state index is -4.48. The number of hydrogen-bond acceptors (Lipinski definition) is 5. The molecule has 0 saturated carbocycles. The normalized spacial score (nSPS) is 20.4. The van der Waals surface area contributed by atoms with Crippen LogP contribution in [0.3, 0.4) is 0 Å². The Hall–Kier alpha value is -1.90. The number of carbonyl (C=O) groups is 1. The highest BCUT2D eigenvalue weighted by Crippen LogP contribution is 2.29. The van der Waals surface area contributed by atoms with Crippen LogP contribution in [0, 0.1) is 5.92 Å². The van der Waals surface area contributed by atoms with Crippen molar-refractivity contribution in [1.82, 2.24) is 20.0 Å². The van der Waals surface area contributed by atoms with Crippen LogP contribution >= 0.6 is 0 Å². The smallest absolute Gasteiger partial charge is 0.355 e. The second-order valence-corrected chi connectivity index (χ2v) is 7.49. The van der Waals surface area contributed by atoms with Crippen LogP contribution in [0.25, 0.3) is 0 Å². The monoisotopic (exact) mass is 385 g/mol. The van der Waals surface area contributed by atoms with Gasteiger partial charge in [0.1, 0.15) is 0 Å². The molecular weight excluding hydrogens is 359 g/mol. The summed E-state index contributed by atoms with van der Waals surface area (Å²) in [5.41, 5.74) is -0.989. The zero-order valence-electron chi connectivity index (χ0n) is 15.7. The van der Waals surface area contributed by atoms with Gasteiger partial charge in [0.15, 0.2) is 11.5 Å². The van der Waals surface area contributed by atoms with Crippen LogP contribution in [-0.4, -0.2) is 71.2 Å². The molecule has 6 nitrogen and oxygen atoms in total. The maximum Gasteiger partial charge on any atom is 0.435 e. The van der Waals surface area contributed by atoms with Crippen molar-refractivity contribution >= 4 is 11.7 Å². The van der Waals surface area contributed by atoms with Crippen molar-refractivity contribution in [3.8, 4) is 0 Å². The van der Waals surface area contributed by atoms with Gasteiger partial charge in [0.2, 0.25) is 5.91 Å². The molecule has 3 heterocycles. The predicted octanol–water partition coefficient (Wildman–Crippen LogP) is 2.26. The molecule has 2 aliphatic heterocycles. The summed E-state index contributed by atoms with van der Waals surface area (Å²) in [5.74, 6) is 0.616. The Morgan fingerprint density at radius 1 is 1.04 bits per heavy atom. The third-order valence-electron chi connectivity index (χ3n) is 5.47. The van der Waals surface area contributed by atoms with Crippen LogP contribution in [0.5, 0.6) is 0 Å². The maximum absolute atomic E-state index is 12.8. The van der Waals surface area contributed by atoms with Gasteiger partial charge in [-0.15, -0.1) is 10.2 Å². The second kappa shape index (κ2) is 8.00. The molecule has 0 N–H and O–H groups in total. The van der Waals surface area contributed by atoms with Crippen molar-refractivity contribution in [1.29, 1.82) is 0 Å². The minimum absolute atomic E-state index is 0.0192. The van der Waals surface area contributed by atoms with E-state index in [4.69, 9.17) is 0 Å². The Balaban J connectivity index is 1.51. The van der Waals surface area contributed by atoms with Gasteiger partial charge in [0.05, 0.1) is 0 Å². The predicted molar refractivity (Wildman–Crippen MR) is 95.3 cm³/mol. The van der Waals surface area contributed by atoms with E-state index in [1.165, 1.54) is 6.07 Å². The van der Waals surface area contributed by atoms with Crippen molar-refractivity contribution in [3.63, 3.8) is 0 Å². The lowest BCUT2D eigenvalue weighted by Gasteiger charge is -2.40. The van der Waals surface area contributed by atoms with Crippen molar-refractivity contribution in [2.24, 2.45) is 5.92 Å². The molecule has 0 unspecified atom stereocenters. The average molecular weight is 385 g/mol. The minimum Gasteiger partial charge on any atom is -0.355 e. The third-order valence-corrected chi connectivity index (χ3v) is 5.47. The Morgan fingerprint density at radius 3 is 2.15 bits per heavy atom. The van der Waals surface area contributed by atoms with E-state index in [0.29, 0.717) is 37.8 Å². The van der Waals surface area contributed by atoms with Gasteiger partial charge in [-0.2, -0.15) is 13.2 Å². The SMILES string of the molecule is CC(C)N1CCN(C(=O)C2CCN(c3ccc(C(F)(F)F)nn3)CC2)CC1. The fourth-order valence-electron chi connectivity index (χ4n) is 3.72. The number of piperidine rings is 1. The van der Waals surface area contributed by atoms with Gasteiger partial charge in [0, 0.05) is 51.2 Å². The number of alkyl halides is 3. The number of rotatable bonds is 3. The first-order chi connectivity index (χ1) is 12.8. The topological polar surface area (TPSA) is 52.6 Å². The molecule has 0 aliphatic carbocycles. The van der Waals surface area contributed by atoms with Crippen LogP contribution in [-0.2, 0) is 11.0 Å². The highest BCUT2D eigenvalue weighted by Gasteiger charge is 2.34. The van der Waals surface area contributed by atoms with Crippen molar-refractivity contribution < 1.29 is 18.0 Å². The van der Waals surface area contributed by atoms with Crippen LogP contribution in [0.1, 0.15) is 32.4 Å². The molecule has 0 radical (unpaired) electrons. The van der Waals surface area contributed by atoms with Gasteiger partial charge >= 0.3 is 6.18 Å². The molecule has 1 aromatic heterocycles. The first kappa shape index (κ1) is 19.9. The molecule has 2 fully saturated rings. The summed E-state index contributed by atoms with van der Waals surface area (Å²) in [6.07, 6.45) is -3.11. The number of halogens is 3. The molecule has 0 bridgehead atoms. The van der Waals surface area contributed by atoms with Gasteiger partial charge in [-0.05, 0) is 38.8 Å². The number of piperazine rings is 1. The first-order valence-corrected chi connectivity index (χ1v) is 9.44. The van der Waals surface area contributed by atoms with E-state index in [1.54, 1.807) is 0 Å². The molecule has 9 heteroatoms. The summed E-state index contributed by atoms with van der Waals surface area (Å²) in [4.78, 5) is 19.0. The quantitative estimate of drug-likeness (QED) is 0.799. The van der Waals surface area contributed by atoms with Crippen molar-refractivity contribution in [2.45, 2.75) is 38.9 Å². The van der Waals surface area contributed by atoms with E-state index in [9.17, 15) is 18.0 Å². The Bertz CT molecular complexity index is 633. The number of aromatic nitrogens is 2. The maximum atomic E-state index is 12.8. The van der Waals surface area contributed by atoms with E-state index < -0.39 is 11.9 Å². The van der Waals surface area contributed by atoms with Crippen LogP contribution in [0.2, 0.25) is 0 Å². The summed E-state index contributed by atoms with van der Waals surface area (Å²) in [6, 6.07) is 2.80. The highest BCUT2D eigenvalue weighted by molar-refractivity contribution is 5.79. The molecule has 3 rings (SSSR count). The van der Waals surface area contributed by atoms with Crippen LogP contribution in [0.15, 0.2) is 12.1 Å². The van der Waals surface area contributed by atoms with Gasteiger partial charge in [-0.25, -0.2) is 0 Å². The van der Waals surface area contributed by atoms with Crippen molar-refractivity contribution in [2.75, 3.05) is 44.2 Å². The Labute approximate surface area is 157 Å². The van der Waals surface area contributed by atoms with E-state index in [0.717, 1.165) is 32.2 Å². The molecular formula is C18H26F3N5O. The van der Waals surface area contributed by atoms with E-state index in [-0.39, 0.29) is 11.8 Å². The number of amides is 1. The summed E-state index contributed by atoms with van der Waals surface area (Å²) in [6.45, 7) is 8.87. The molecule has 1 aromatic rings. The lowest BCUT2D eigenvalue weighted by atomic mass is 9.95. The summed E-state index contributed by atoms with van der Waals surface area (Å²) in [7, 11) is 0. The fraction of sp³-hybridized carbons (Fsp3) is 0.722. The Kier molecular flexibility index (Phi) is 5.88. The number of hydrogen-bond donors (Lipinski definition) is 0. The lowest BCUT2D eigenvalue weighted by molar-refractivity contribution is -0.141. The van der Waals surface area contributed by atoms with Gasteiger partial charge < -0.3 is 9.80 Å². The molecule has 0 aromatic carbocycles. The summed E-state index contributed by atoms with van der Waals surface area (Å²) in [5, 5.41) is 6.99. The largest absolute Gasteiger partial charge is 0.435 e. The highest BCUT2D eigenvalue weighted by atomic mass is 19.4. The molecule has 2 aliphatic rings. The fourth-order valence-corrected chi connectivity index (χ4v) is 3.72. The van der Waals surface area contributed by atoms with Gasteiger partial charge in [0.25, 0.3) is 0 Å². The van der Waals surface area contributed by atoms with Crippen LogP contribution < -0.4 is 4.90 Å². The molecule has 0 spiro atoms. The molecule has 150 valence electrons. The second-order valence-electron chi connectivity index (χ2n) is 7.49. The van der Waals surface area contributed by atoms with E-state index in [2.05, 4.69) is 28.9 Å². The Morgan fingerprint density at radius 2 is 1.67 bits per heavy atom. The van der Waals surface area contributed by atoms with Gasteiger partial charge in [-0.3, -0.25) is 9.69 Å². The van der Waals surface area contributed by atoms with Crippen LogP contribution in [0.4, 0.5) is 19.0 Å². The number of anilines is 1. The first-order valence-electron chi connectivity index (χ1n) is 9.44. The third kappa shape index (κ3) is 4.69. The van der Waals surface area contributed by atoms with E-state index in [1.807, 2.05) is 9.80 Å². The summed E-state index contributed by atoms with van der Waals surface area (Å²) >= 11 is 0. The molecule has 2 saturated heterocycles. The number of nitrogens with zero attached hydrogens (tertiary/aromatic N) is 5. The van der Waals surface area contributed by atoms with Crippen molar-refractivity contribution in [3.05, 3.63) is 17.8 Å². The molecule has 1 amide bonds. The van der Waals surface area contributed by atoms with E-state index >= 15 is 0 Å². The average Bonchev–Trinajstić information content (AvgIpc) is 2.67. The molecule has 27 heavy (non-hydrogen) atoms. The van der Waals surface area contributed by atoms with Gasteiger partial charge in [-0.1, -0.05) is 0 Å². The zero-order valence-corrected chi connectivity index (χ0v) is 15.7. The standard InChI is InChI=1S/C18H26F3N5O/c1-13(2)24-9-11-26(12-10-24)17(27)14-5-7-25(8-6-14)16-4-3-15(22-23-16)18(19,20)21/h3-4,13-14H,5-12H2,1-2H3. The lowest BCUT2D eigenvalue weighted by Crippen LogP contribution is -2.53. The molecule has 0 atom stereocenters.